The topological polar surface area (TPSA) is 46.2 Å². The minimum absolute atomic E-state index is 0.0207. The maximum atomic E-state index is 12.0. The minimum Gasteiger partial charge on any atom is -0.296 e. The molecule has 2 rings (SSSR count). The fourth-order valence-corrected chi connectivity index (χ4v) is 3.96. The molecule has 1 saturated carbocycles. The summed E-state index contributed by atoms with van der Waals surface area (Å²) >= 11 is 0. The molecule has 0 bridgehead atoms. The second-order valence-electron chi connectivity index (χ2n) is 5.78. The predicted molar refractivity (Wildman–Crippen MR) is 66.2 cm³/mol. The number of carbonyl (C=O) groups is 2. The minimum atomic E-state index is -0.0588. The molecule has 0 aromatic carbocycles. The molecule has 96 valence electrons. The summed E-state index contributed by atoms with van der Waals surface area (Å²) in [7, 11) is 0. The SMILES string of the molecule is CCC1CCCC2(CC(=O)NC(=O)C2CC)C1. The summed E-state index contributed by atoms with van der Waals surface area (Å²) in [4.78, 5) is 23.6. The average molecular weight is 237 g/mol. The third kappa shape index (κ3) is 2.24. The Morgan fingerprint density at radius 2 is 2.06 bits per heavy atom. The maximum Gasteiger partial charge on any atom is 0.230 e. The van der Waals surface area contributed by atoms with Gasteiger partial charge in [-0.2, -0.15) is 0 Å². The third-order valence-corrected chi connectivity index (χ3v) is 4.80. The molecule has 3 atom stereocenters. The van der Waals surface area contributed by atoms with Crippen molar-refractivity contribution in [1.82, 2.24) is 5.32 Å². The number of hydrogen-bond acceptors (Lipinski definition) is 2. The number of imide groups is 1. The molecule has 3 unspecified atom stereocenters. The zero-order chi connectivity index (χ0) is 12.5. The van der Waals surface area contributed by atoms with Crippen LogP contribution in [0.25, 0.3) is 0 Å². The molecule has 3 nitrogen and oxygen atoms in total. The molecular formula is C14H23NO2. The van der Waals surface area contributed by atoms with Crippen LogP contribution in [0.1, 0.15) is 58.8 Å². The van der Waals surface area contributed by atoms with E-state index in [9.17, 15) is 9.59 Å². The number of amides is 2. The molecule has 2 fully saturated rings. The molecule has 1 N–H and O–H groups in total. The highest BCUT2D eigenvalue weighted by Gasteiger charge is 2.49. The second kappa shape index (κ2) is 4.79. The van der Waals surface area contributed by atoms with Gasteiger partial charge in [0.1, 0.15) is 0 Å². The quantitative estimate of drug-likeness (QED) is 0.750. The van der Waals surface area contributed by atoms with Gasteiger partial charge in [-0.05, 0) is 30.6 Å². The van der Waals surface area contributed by atoms with Crippen LogP contribution in [0.15, 0.2) is 0 Å². The summed E-state index contributed by atoms with van der Waals surface area (Å²) in [6, 6.07) is 0. The van der Waals surface area contributed by atoms with E-state index in [1.54, 1.807) is 0 Å². The van der Waals surface area contributed by atoms with Crippen molar-refractivity contribution in [1.29, 1.82) is 0 Å². The monoisotopic (exact) mass is 237 g/mol. The van der Waals surface area contributed by atoms with Crippen molar-refractivity contribution in [3.63, 3.8) is 0 Å². The van der Waals surface area contributed by atoms with Crippen molar-refractivity contribution in [3.05, 3.63) is 0 Å². The molecule has 1 aliphatic carbocycles. The van der Waals surface area contributed by atoms with Gasteiger partial charge in [-0.15, -0.1) is 0 Å². The lowest BCUT2D eigenvalue weighted by Gasteiger charge is -2.47. The zero-order valence-electron chi connectivity index (χ0n) is 10.9. The van der Waals surface area contributed by atoms with Gasteiger partial charge in [0.2, 0.25) is 11.8 Å². The van der Waals surface area contributed by atoms with Crippen molar-refractivity contribution < 1.29 is 9.59 Å². The highest BCUT2D eigenvalue weighted by Crippen LogP contribution is 2.50. The Morgan fingerprint density at radius 3 is 2.71 bits per heavy atom. The molecule has 1 aliphatic heterocycles. The lowest BCUT2D eigenvalue weighted by molar-refractivity contribution is -0.146. The molecule has 0 radical (unpaired) electrons. The molecule has 1 saturated heterocycles. The lowest BCUT2D eigenvalue weighted by Crippen LogP contribution is -2.53. The fourth-order valence-electron chi connectivity index (χ4n) is 3.96. The van der Waals surface area contributed by atoms with Crippen LogP contribution in [0.5, 0.6) is 0 Å². The van der Waals surface area contributed by atoms with E-state index in [0.717, 1.165) is 19.3 Å². The van der Waals surface area contributed by atoms with Gasteiger partial charge in [0.25, 0.3) is 0 Å². The van der Waals surface area contributed by atoms with Crippen LogP contribution in [0.3, 0.4) is 0 Å². The van der Waals surface area contributed by atoms with Crippen LogP contribution in [-0.2, 0) is 9.59 Å². The van der Waals surface area contributed by atoms with Crippen LogP contribution >= 0.6 is 0 Å². The molecule has 0 aromatic heterocycles. The number of rotatable bonds is 2. The lowest BCUT2D eigenvalue weighted by atomic mass is 9.58. The number of piperidine rings is 1. The molecular weight excluding hydrogens is 214 g/mol. The second-order valence-corrected chi connectivity index (χ2v) is 5.78. The van der Waals surface area contributed by atoms with E-state index in [1.165, 1.54) is 19.3 Å². The summed E-state index contributed by atoms with van der Waals surface area (Å²) in [6.45, 7) is 4.28. The Bertz CT molecular complexity index is 326. The van der Waals surface area contributed by atoms with Crippen LogP contribution in [0.4, 0.5) is 0 Å². The first kappa shape index (κ1) is 12.6. The van der Waals surface area contributed by atoms with Crippen molar-refractivity contribution in [2.75, 3.05) is 0 Å². The molecule has 3 heteroatoms. The van der Waals surface area contributed by atoms with Gasteiger partial charge in [0.05, 0.1) is 0 Å². The smallest absolute Gasteiger partial charge is 0.230 e. The van der Waals surface area contributed by atoms with Crippen LogP contribution in [-0.4, -0.2) is 11.8 Å². The number of hydrogen-bond donors (Lipinski definition) is 1. The van der Waals surface area contributed by atoms with E-state index in [4.69, 9.17) is 0 Å². The summed E-state index contributed by atoms with van der Waals surface area (Å²) in [5, 5.41) is 2.51. The Balaban J connectivity index is 2.24. The predicted octanol–water partition coefficient (Wildman–Crippen LogP) is 2.65. The van der Waals surface area contributed by atoms with E-state index in [2.05, 4.69) is 19.2 Å². The van der Waals surface area contributed by atoms with Gasteiger partial charge >= 0.3 is 0 Å². The first-order valence-corrected chi connectivity index (χ1v) is 6.95. The van der Waals surface area contributed by atoms with Crippen molar-refractivity contribution in [3.8, 4) is 0 Å². The van der Waals surface area contributed by atoms with Crippen LogP contribution in [0.2, 0.25) is 0 Å². The van der Waals surface area contributed by atoms with Gasteiger partial charge in [-0.3, -0.25) is 14.9 Å². The largest absolute Gasteiger partial charge is 0.296 e. The first-order chi connectivity index (χ1) is 8.11. The first-order valence-electron chi connectivity index (χ1n) is 6.95. The number of nitrogens with one attached hydrogen (secondary N) is 1. The molecule has 17 heavy (non-hydrogen) atoms. The van der Waals surface area contributed by atoms with Gasteiger partial charge in [0, 0.05) is 12.3 Å². The van der Waals surface area contributed by atoms with E-state index < -0.39 is 0 Å². The van der Waals surface area contributed by atoms with Gasteiger partial charge in [-0.1, -0.05) is 33.1 Å². The van der Waals surface area contributed by atoms with Gasteiger partial charge in [0.15, 0.2) is 0 Å². The fraction of sp³-hybridized carbons (Fsp3) is 0.857. The summed E-state index contributed by atoms with van der Waals surface area (Å²) < 4.78 is 0. The van der Waals surface area contributed by atoms with Gasteiger partial charge < -0.3 is 0 Å². The Labute approximate surface area is 103 Å². The Hall–Kier alpha value is -0.860. The molecule has 1 heterocycles. The summed E-state index contributed by atoms with van der Waals surface area (Å²) in [5.74, 6) is 0.669. The van der Waals surface area contributed by atoms with E-state index in [-0.39, 0.29) is 23.1 Å². The van der Waals surface area contributed by atoms with Crippen molar-refractivity contribution in [2.45, 2.75) is 58.8 Å². The van der Waals surface area contributed by atoms with Crippen molar-refractivity contribution in [2.24, 2.45) is 17.3 Å². The highest BCUT2D eigenvalue weighted by atomic mass is 16.2. The maximum absolute atomic E-state index is 12.0. The zero-order valence-corrected chi connectivity index (χ0v) is 10.9. The van der Waals surface area contributed by atoms with Gasteiger partial charge in [-0.25, -0.2) is 0 Å². The summed E-state index contributed by atoms with van der Waals surface area (Å²) in [5.41, 5.74) is -0.0207. The molecule has 0 aromatic rings. The van der Waals surface area contributed by atoms with E-state index >= 15 is 0 Å². The molecule has 2 aliphatic rings. The highest BCUT2D eigenvalue weighted by molar-refractivity contribution is 5.99. The Morgan fingerprint density at radius 1 is 1.29 bits per heavy atom. The molecule has 2 amide bonds. The average Bonchev–Trinajstić information content (AvgIpc) is 2.28. The standard InChI is InChI=1S/C14H23NO2/c1-3-10-6-5-7-14(8-10)9-12(16)15-13(17)11(14)4-2/h10-11H,3-9H2,1-2H3,(H,15,16,17). The number of carbonyl (C=O) groups excluding carboxylic acids is 2. The van der Waals surface area contributed by atoms with Crippen LogP contribution < -0.4 is 5.32 Å². The molecule has 1 spiro atoms. The van der Waals surface area contributed by atoms with Crippen molar-refractivity contribution >= 4 is 11.8 Å². The van der Waals surface area contributed by atoms with E-state index in [1.807, 2.05) is 0 Å². The van der Waals surface area contributed by atoms with Crippen LogP contribution in [0, 0.1) is 17.3 Å². The third-order valence-electron chi connectivity index (χ3n) is 4.80. The summed E-state index contributed by atoms with van der Waals surface area (Å²) in [6.07, 6.45) is 7.17. The normalized spacial score (nSPS) is 38.2. The van der Waals surface area contributed by atoms with E-state index in [0.29, 0.717) is 12.3 Å². The Kier molecular flexibility index (Phi) is 3.55.